The van der Waals surface area contributed by atoms with Gasteiger partial charge in [0.1, 0.15) is 0 Å². The predicted octanol–water partition coefficient (Wildman–Crippen LogP) is 2.19. The third-order valence-corrected chi connectivity index (χ3v) is 3.68. The van der Waals surface area contributed by atoms with Crippen molar-refractivity contribution >= 4 is 5.84 Å². The van der Waals surface area contributed by atoms with E-state index in [1.807, 2.05) is 0 Å². The largest absolute Gasteiger partial charge is 0.388 e. The summed E-state index contributed by atoms with van der Waals surface area (Å²) >= 11 is 0. The number of nitrogens with two attached hydrogens (primary N) is 1. The average molecular weight is 245 g/mol. The van der Waals surface area contributed by atoms with E-state index in [0.29, 0.717) is 5.84 Å². The molecular weight excluding hydrogens is 222 g/mol. The monoisotopic (exact) mass is 245 g/mol. The van der Waals surface area contributed by atoms with Crippen molar-refractivity contribution in [2.24, 2.45) is 5.73 Å². The van der Waals surface area contributed by atoms with E-state index in [2.05, 4.69) is 29.2 Å². The first-order chi connectivity index (χ1) is 8.75. The van der Waals surface area contributed by atoms with Crippen molar-refractivity contribution in [2.45, 2.75) is 32.1 Å². The molecule has 0 saturated carbocycles. The molecule has 3 nitrogen and oxygen atoms in total. The minimum absolute atomic E-state index is 0.318. The Kier molecular flexibility index (Phi) is 4.76. The second kappa shape index (κ2) is 6.55. The molecule has 18 heavy (non-hydrogen) atoms. The summed E-state index contributed by atoms with van der Waals surface area (Å²) < 4.78 is 0. The van der Waals surface area contributed by atoms with Gasteiger partial charge in [-0.15, -0.1) is 0 Å². The van der Waals surface area contributed by atoms with E-state index in [4.69, 9.17) is 11.1 Å². The van der Waals surface area contributed by atoms with Crippen molar-refractivity contribution in [1.82, 2.24) is 4.90 Å². The number of amidine groups is 1. The van der Waals surface area contributed by atoms with Crippen molar-refractivity contribution in [1.29, 1.82) is 5.41 Å². The van der Waals surface area contributed by atoms with Gasteiger partial charge in [-0.1, -0.05) is 24.3 Å². The highest BCUT2D eigenvalue weighted by Crippen LogP contribution is 2.15. The molecule has 2 rings (SSSR count). The Bertz CT molecular complexity index is 373. The highest BCUT2D eigenvalue weighted by atomic mass is 15.1. The van der Waals surface area contributed by atoms with Crippen LogP contribution < -0.4 is 5.73 Å². The SMILES string of the molecule is N=C(N)CCCCN1CCc2ccccc2CC1. The number of nitrogens with one attached hydrogen (secondary N) is 1. The molecule has 0 atom stereocenters. The van der Waals surface area contributed by atoms with Crippen LogP contribution in [0.4, 0.5) is 0 Å². The third kappa shape index (κ3) is 3.84. The van der Waals surface area contributed by atoms with Crippen molar-refractivity contribution in [3.8, 4) is 0 Å². The number of benzene rings is 1. The normalized spacial score (nSPS) is 16.0. The summed E-state index contributed by atoms with van der Waals surface area (Å²) in [6.45, 7) is 3.47. The molecule has 0 saturated heterocycles. The molecule has 0 spiro atoms. The lowest BCUT2D eigenvalue weighted by atomic mass is 10.0. The molecule has 0 fully saturated rings. The number of hydrogen-bond acceptors (Lipinski definition) is 2. The summed E-state index contributed by atoms with van der Waals surface area (Å²) in [5.74, 6) is 0.318. The molecule has 98 valence electrons. The molecule has 1 aromatic carbocycles. The van der Waals surface area contributed by atoms with E-state index in [1.54, 1.807) is 0 Å². The van der Waals surface area contributed by atoms with Gasteiger partial charge in [0.25, 0.3) is 0 Å². The minimum Gasteiger partial charge on any atom is -0.388 e. The Labute approximate surface area is 109 Å². The second-order valence-electron chi connectivity index (χ2n) is 5.09. The van der Waals surface area contributed by atoms with Crippen molar-refractivity contribution in [3.05, 3.63) is 35.4 Å². The van der Waals surface area contributed by atoms with Gasteiger partial charge in [0.05, 0.1) is 5.84 Å². The third-order valence-electron chi connectivity index (χ3n) is 3.68. The average Bonchev–Trinajstić information content (AvgIpc) is 2.57. The summed E-state index contributed by atoms with van der Waals surface area (Å²) in [6, 6.07) is 8.80. The standard InChI is InChI=1S/C15H23N3/c16-15(17)7-3-4-10-18-11-8-13-5-1-2-6-14(13)9-12-18/h1-2,5-6H,3-4,7-12H2,(H3,16,17). The van der Waals surface area contributed by atoms with Gasteiger partial charge in [-0.3, -0.25) is 5.41 Å². The lowest BCUT2D eigenvalue weighted by Gasteiger charge is -2.19. The quantitative estimate of drug-likeness (QED) is 0.474. The van der Waals surface area contributed by atoms with E-state index in [0.717, 1.165) is 38.9 Å². The summed E-state index contributed by atoms with van der Waals surface area (Å²) in [5.41, 5.74) is 8.40. The molecule has 0 radical (unpaired) electrons. The Morgan fingerprint density at radius 3 is 2.28 bits per heavy atom. The van der Waals surface area contributed by atoms with E-state index >= 15 is 0 Å². The Hall–Kier alpha value is -1.35. The summed E-state index contributed by atoms with van der Waals surface area (Å²) in [5, 5.41) is 7.20. The molecule has 3 heteroatoms. The highest BCUT2D eigenvalue weighted by molar-refractivity contribution is 5.76. The van der Waals surface area contributed by atoms with Crippen LogP contribution >= 0.6 is 0 Å². The van der Waals surface area contributed by atoms with Gasteiger partial charge in [-0.05, 0) is 43.4 Å². The maximum Gasteiger partial charge on any atom is 0.0905 e. The van der Waals surface area contributed by atoms with Crippen LogP contribution in [0.2, 0.25) is 0 Å². The van der Waals surface area contributed by atoms with E-state index in [1.165, 1.54) is 24.0 Å². The van der Waals surface area contributed by atoms with E-state index in [-0.39, 0.29) is 0 Å². The minimum atomic E-state index is 0.318. The molecule has 1 aliphatic rings. The molecule has 3 N–H and O–H groups in total. The zero-order valence-electron chi connectivity index (χ0n) is 11.0. The van der Waals surface area contributed by atoms with Gasteiger partial charge in [0.15, 0.2) is 0 Å². The first kappa shape index (κ1) is 13.1. The predicted molar refractivity (Wildman–Crippen MR) is 76.1 cm³/mol. The molecule has 0 amide bonds. The second-order valence-corrected chi connectivity index (χ2v) is 5.09. The van der Waals surface area contributed by atoms with Crippen LogP contribution in [0, 0.1) is 5.41 Å². The van der Waals surface area contributed by atoms with E-state index < -0.39 is 0 Å². The molecule has 1 aliphatic heterocycles. The lowest BCUT2D eigenvalue weighted by molar-refractivity contribution is 0.282. The number of hydrogen-bond donors (Lipinski definition) is 2. The first-order valence-corrected chi connectivity index (χ1v) is 6.88. The van der Waals surface area contributed by atoms with Crippen LogP contribution in [-0.4, -0.2) is 30.4 Å². The fourth-order valence-corrected chi connectivity index (χ4v) is 2.59. The Morgan fingerprint density at radius 2 is 1.72 bits per heavy atom. The topological polar surface area (TPSA) is 53.1 Å². The van der Waals surface area contributed by atoms with Gasteiger partial charge >= 0.3 is 0 Å². The highest BCUT2D eigenvalue weighted by Gasteiger charge is 2.12. The number of nitrogens with zero attached hydrogens (tertiary/aromatic N) is 1. The molecule has 1 aromatic rings. The number of rotatable bonds is 5. The maximum absolute atomic E-state index is 7.20. The van der Waals surface area contributed by atoms with E-state index in [9.17, 15) is 0 Å². The van der Waals surface area contributed by atoms with Crippen LogP contribution in [0.1, 0.15) is 30.4 Å². The number of fused-ring (bicyclic) bond motifs is 1. The van der Waals surface area contributed by atoms with Gasteiger partial charge in [0, 0.05) is 19.5 Å². The van der Waals surface area contributed by atoms with Gasteiger partial charge < -0.3 is 10.6 Å². The van der Waals surface area contributed by atoms with Gasteiger partial charge in [-0.25, -0.2) is 0 Å². The summed E-state index contributed by atoms with van der Waals surface area (Å²) in [6.07, 6.45) is 5.27. The fourth-order valence-electron chi connectivity index (χ4n) is 2.59. The van der Waals surface area contributed by atoms with Crippen LogP contribution in [0.15, 0.2) is 24.3 Å². The fraction of sp³-hybridized carbons (Fsp3) is 0.533. The van der Waals surface area contributed by atoms with Crippen LogP contribution in [0.3, 0.4) is 0 Å². The van der Waals surface area contributed by atoms with Crippen LogP contribution in [0.25, 0.3) is 0 Å². The van der Waals surface area contributed by atoms with Crippen LogP contribution in [0.5, 0.6) is 0 Å². The lowest BCUT2D eigenvalue weighted by Crippen LogP contribution is -2.27. The summed E-state index contributed by atoms with van der Waals surface area (Å²) in [4.78, 5) is 2.54. The molecule has 0 aromatic heterocycles. The van der Waals surface area contributed by atoms with Crippen molar-refractivity contribution in [3.63, 3.8) is 0 Å². The maximum atomic E-state index is 7.20. The molecular formula is C15H23N3. The zero-order chi connectivity index (χ0) is 12.8. The Morgan fingerprint density at radius 1 is 1.11 bits per heavy atom. The molecule has 0 bridgehead atoms. The van der Waals surface area contributed by atoms with Crippen molar-refractivity contribution < 1.29 is 0 Å². The first-order valence-electron chi connectivity index (χ1n) is 6.88. The molecule has 0 aliphatic carbocycles. The number of unbranched alkanes of at least 4 members (excludes halogenated alkanes) is 1. The van der Waals surface area contributed by atoms with Crippen LogP contribution in [-0.2, 0) is 12.8 Å². The van der Waals surface area contributed by atoms with Gasteiger partial charge in [-0.2, -0.15) is 0 Å². The summed E-state index contributed by atoms with van der Waals surface area (Å²) in [7, 11) is 0. The van der Waals surface area contributed by atoms with Crippen molar-refractivity contribution in [2.75, 3.05) is 19.6 Å². The molecule has 1 heterocycles. The Balaban J connectivity index is 1.76. The molecule has 0 unspecified atom stereocenters. The smallest absolute Gasteiger partial charge is 0.0905 e. The zero-order valence-corrected chi connectivity index (χ0v) is 11.0. The van der Waals surface area contributed by atoms with Gasteiger partial charge in [0.2, 0.25) is 0 Å².